The van der Waals surface area contributed by atoms with Gasteiger partial charge >= 0.3 is 5.97 Å². The molecule has 0 bridgehead atoms. The lowest BCUT2D eigenvalue weighted by Crippen LogP contribution is -2.48. The van der Waals surface area contributed by atoms with Gasteiger partial charge in [0.25, 0.3) is 5.91 Å². The van der Waals surface area contributed by atoms with Crippen LogP contribution >= 0.6 is 23.4 Å². The minimum absolute atomic E-state index is 0.214. The Morgan fingerprint density at radius 1 is 1.23 bits per heavy atom. The molecule has 1 aromatic rings. The van der Waals surface area contributed by atoms with Gasteiger partial charge in [0.05, 0.1) is 24.0 Å². The second-order valence-electron chi connectivity index (χ2n) is 7.52. The summed E-state index contributed by atoms with van der Waals surface area (Å²) in [5, 5.41) is 2.90. The summed E-state index contributed by atoms with van der Waals surface area (Å²) < 4.78 is 10.2. The highest BCUT2D eigenvalue weighted by Gasteiger charge is 2.52. The number of hydrogen-bond acceptors (Lipinski definition) is 7. The van der Waals surface area contributed by atoms with E-state index in [1.807, 2.05) is 0 Å². The predicted molar refractivity (Wildman–Crippen MR) is 117 cm³/mol. The number of imide groups is 1. The van der Waals surface area contributed by atoms with Gasteiger partial charge in [0.1, 0.15) is 11.8 Å². The van der Waals surface area contributed by atoms with E-state index in [4.69, 9.17) is 21.1 Å². The first-order valence-corrected chi connectivity index (χ1v) is 11.8. The number of amides is 3. The predicted octanol–water partition coefficient (Wildman–Crippen LogP) is 2.74. The number of nitrogens with one attached hydrogen (secondary N) is 1. The average Bonchev–Trinajstić information content (AvgIpc) is 3.01. The number of thioether (sulfide) groups is 1. The van der Waals surface area contributed by atoms with Gasteiger partial charge in [-0.05, 0) is 37.3 Å². The van der Waals surface area contributed by atoms with Gasteiger partial charge in [0, 0.05) is 11.4 Å². The molecule has 1 aliphatic carbocycles. The van der Waals surface area contributed by atoms with Gasteiger partial charge in [0.2, 0.25) is 11.8 Å². The van der Waals surface area contributed by atoms with Gasteiger partial charge in [-0.2, -0.15) is 11.8 Å². The number of esters is 1. The third-order valence-electron chi connectivity index (χ3n) is 5.56. The largest absolute Gasteiger partial charge is 0.495 e. The summed E-state index contributed by atoms with van der Waals surface area (Å²) in [5.74, 6) is -1.95. The molecule has 1 aliphatic heterocycles. The van der Waals surface area contributed by atoms with Crippen LogP contribution in [0.1, 0.15) is 25.7 Å². The first kappa shape index (κ1) is 23.4. The molecule has 168 valence electrons. The lowest BCUT2D eigenvalue weighted by Gasteiger charge is -2.24. The van der Waals surface area contributed by atoms with Crippen LogP contribution < -0.4 is 10.1 Å². The van der Waals surface area contributed by atoms with Crippen molar-refractivity contribution in [1.82, 2.24) is 4.90 Å². The molecule has 1 heterocycles. The van der Waals surface area contributed by atoms with E-state index in [1.165, 1.54) is 24.9 Å². The second kappa shape index (κ2) is 10.4. The molecular formula is C21H25ClN2O6S. The summed E-state index contributed by atoms with van der Waals surface area (Å²) >= 11 is 7.37. The molecule has 31 heavy (non-hydrogen) atoms. The van der Waals surface area contributed by atoms with Gasteiger partial charge in [-0.25, -0.2) is 4.79 Å². The van der Waals surface area contributed by atoms with Crippen LogP contribution in [0.5, 0.6) is 5.75 Å². The number of carbonyl (C=O) groups is 4. The third kappa shape index (κ3) is 5.15. The summed E-state index contributed by atoms with van der Waals surface area (Å²) in [7, 11) is 1.48. The zero-order chi connectivity index (χ0) is 22.5. The molecule has 1 saturated heterocycles. The van der Waals surface area contributed by atoms with Crippen molar-refractivity contribution in [2.75, 3.05) is 31.0 Å². The molecule has 3 amide bonds. The Kier molecular flexibility index (Phi) is 7.83. The number of methoxy groups -OCH3 is 1. The first-order chi connectivity index (χ1) is 14.9. The van der Waals surface area contributed by atoms with E-state index in [0.29, 0.717) is 29.3 Å². The Balaban J connectivity index is 1.61. The highest BCUT2D eigenvalue weighted by Crippen LogP contribution is 2.39. The maximum atomic E-state index is 12.8. The standard InChI is InChI=1S/C21H25ClN2O6S/c1-29-17-8-7-12(9-15(17)22)23-18(25)10-30-21(28)16(11-31-2)24-19(26)13-5-3-4-6-14(13)20(24)27/h7-9,13-14,16H,3-6,10-11H2,1-2H3,(H,23,25)/t13-,14-,16+/m0/s1. The van der Waals surface area contributed by atoms with Crippen LogP contribution in [0.15, 0.2) is 18.2 Å². The summed E-state index contributed by atoms with van der Waals surface area (Å²) in [5.41, 5.74) is 0.418. The topological polar surface area (TPSA) is 102 Å². The molecule has 1 N–H and O–H groups in total. The summed E-state index contributed by atoms with van der Waals surface area (Å²) in [6.45, 7) is -0.545. The number of rotatable bonds is 8. The van der Waals surface area contributed by atoms with Crippen molar-refractivity contribution in [3.63, 3.8) is 0 Å². The van der Waals surface area contributed by atoms with Crippen LogP contribution in [-0.4, -0.2) is 60.4 Å². The Hall–Kier alpha value is -2.26. The van der Waals surface area contributed by atoms with Crippen molar-refractivity contribution in [2.24, 2.45) is 11.8 Å². The van der Waals surface area contributed by atoms with Crippen molar-refractivity contribution in [1.29, 1.82) is 0 Å². The van der Waals surface area contributed by atoms with Crippen LogP contribution in [-0.2, 0) is 23.9 Å². The summed E-state index contributed by atoms with van der Waals surface area (Å²) in [6.07, 6.45) is 4.92. The quantitative estimate of drug-likeness (QED) is 0.462. The Labute approximate surface area is 190 Å². The molecule has 0 unspecified atom stereocenters. The van der Waals surface area contributed by atoms with Crippen LogP contribution in [0.4, 0.5) is 5.69 Å². The number of hydrogen-bond donors (Lipinski definition) is 1. The maximum Gasteiger partial charge on any atom is 0.330 e. The minimum Gasteiger partial charge on any atom is -0.495 e. The van der Waals surface area contributed by atoms with Gasteiger partial charge in [-0.3, -0.25) is 19.3 Å². The zero-order valence-corrected chi connectivity index (χ0v) is 19.0. The molecule has 2 fully saturated rings. The normalized spacial score (nSPS) is 21.5. The average molecular weight is 469 g/mol. The molecule has 0 spiro atoms. The number of benzene rings is 1. The van der Waals surface area contributed by atoms with Crippen LogP contribution in [0.25, 0.3) is 0 Å². The molecule has 8 nitrogen and oxygen atoms in total. The highest BCUT2D eigenvalue weighted by molar-refractivity contribution is 7.98. The lowest BCUT2D eigenvalue weighted by atomic mass is 9.81. The smallest absolute Gasteiger partial charge is 0.330 e. The Morgan fingerprint density at radius 3 is 2.42 bits per heavy atom. The van der Waals surface area contributed by atoms with Gasteiger partial charge in [0.15, 0.2) is 6.61 Å². The van der Waals surface area contributed by atoms with E-state index in [1.54, 1.807) is 18.4 Å². The number of carbonyl (C=O) groups excluding carboxylic acids is 4. The maximum absolute atomic E-state index is 12.8. The van der Waals surface area contributed by atoms with E-state index in [9.17, 15) is 19.2 Å². The number of fused-ring (bicyclic) bond motifs is 1. The fourth-order valence-electron chi connectivity index (χ4n) is 4.08. The van der Waals surface area contributed by atoms with Crippen molar-refractivity contribution < 1.29 is 28.7 Å². The van der Waals surface area contributed by atoms with Crippen molar-refractivity contribution in [3.05, 3.63) is 23.2 Å². The molecule has 1 aromatic carbocycles. The van der Waals surface area contributed by atoms with E-state index >= 15 is 0 Å². The summed E-state index contributed by atoms with van der Waals surface area (Å²) in [4.78, 5) is 51.6. The van der Waals surface area contributed by atoms with E-state index in [2.05, 4.69) is 5.32 Å². The molecule has 0 radical (unpaired) electrons. The Bertz CT molecular complexity index is 855. The van der Waals surface area contributed by atoms with Crippen LogP contribution in [0, 0.1) is 11.8 Å². The van der Waals surface area contributed by atoms with Crippen molar-refractivity contribution in [3.8, 4) is 5.75 Å². The monoisotopic (exact) mass is 468 g/mol. The lowest BCUT2D eigenvalue weighted by molar-refractivity contribution is -0.158. The SMILES string of the molecule is COc1ccc(NC(=O)COC(=O)[C@@H](CSC)N2C(=O)[C@H]3CCCC[C@@H]3C2=O)cc1Cl. The number of halogens is 1. The van der Waals surface area contributed by atoms with E-state index in [-0.39, 0.29) is 29.4 Å². The molecule has 3 rings (SSSR count). The molecule has 10 heteroatoms. The third-order valence-corrected chi connectivity index (χ3v) is 6.51. The summed E-state index contributed by atoms with van der Waals surface area (Å²) in [6, 6.07) is 3.68. The molecule has 1 saturated carbocycles. The first-order valence-electron chi connectivity index (χ1n) is 10.0. The fraction of sp³-hybridized carbons (Fsp3) is 0.524. The number of anilines is 1. The second-order valence-corrected chi connectivity index (χ2v) is 8.84. The van der Waals surface area contributed by atoms with Gasteiger partial charge in [-0.15, -0.1) is 0 Å². The van der Waals surface area contributed by atoms with Crippen LogP contribution in [0.2, 0.25) is 5.02 Å². The van der Waals surface area contributed by atoms with E-state index < -0.39 is 24.5 Å². The van der Waals surface area contributed by atoms with Crippen molar-refractivity contribution >= 4 is 52.7 Å². The molecular weight excluding hydrogens is 444 g/mol. The molecule has 2 aliphatic rings. The molecule has 3 atom stereocenters. The number of likely N-dealkylation sites (tertiary alicyclic amines) is 1. The van der Waals surface area contributed by atoms with Crippen LogP contribution in [0.3, 0.4) is 0 Å². The van der Waals surface area contributed by atoms with Crippen molar-refractivity contribution in [2.45, 2.75) is 31.7 Å². The number of ether oxygens (including phenoxy) is 2. The Morgan fingerprint density at radius 2 is 1.87 bits per heavy atom. The molecule has 0 aromatic heterocycles. The highest BCUT2D eigenvalue weighted by atomic mass is 35.5. The zero-order valence-electron chi connectivity index (χ0n) is 17.4. The van der Waals surface area contributed by atoms with Gasteiger partial charge < -0.3 is 14.8 Å². The van der Waals surface area contributed by atoms with E-state index in [0.717, 1.165) is 17.7 Å². The van der Waals surface area contributed by atoms with Gasteiger partial charge in [-0.1, -0.05) is 24.4 Å². The number of nitrogens with zero attached hydrogens (tertiary/aromatic N) is 1. The minimum atomic E-state index is -1.04. The fourth-order valence-corrected chi connectivity index (χ4v) is 4.93.